The number of rotatable bonds is 8. The molecule has 0 aliphatic heterocycles. The first-order valence-electron chi connectivity index (χ1n) is 11.6. The van der Waals surface area contributed by atoms with Crippen molar-refractivity contribution in [2.75, 3.05) is 7.05 Å². The van der Waals surface area contributed by atoms with E-state index in [1.54, 1.807) is 12.3 Å². The summed E-state index contributed by atoms with van der Waals surface area (Å²) < 4.78 is 27.3. The molecule has 3 N–H and O–H groups in total. The second-order valence-corrected chi connectivity index (χ2v) is 11.2. The molecule has 0 spiro atoms. The van der Waals surface area contributed by atoms with Gasteiger partial charge in [0, 0.05) is 24.3 Å². The van der Waals surface area contributed by atoms with Gasteiger partial charge in [0.1, 0.15) is 5.69 Å². The molecule has 0 aliphatic carbocycles. The van der Waals surface area contributed by atoms with Crippen molar-refractivity contribution >= 4 is 10.6 Å². The number of aryl methyl sites for hydroxylation is 2. The first-order valence-corrected chi connectivity index (χ1v) is 13.2. The third-order valence-electron chi connectivity index (χ3n) is 5.88. The average molecular weight is 496 g/mol. The highest BCUT2D eigenvalue weighted by Crippen LogP contribution is 2.54. The number of hydrogen-bond acceptors (Lipinski definition) is 8. The lowest BCUT2D eigenvalue weighted by Crippen LogP contribution is -2.12. The molecule has 4 rings (SSSR count). The molecule has 0 fully saturated rings. The van der Waals surface area contributed by atoms with Crippen molar-refractivity contribution in [1.82, 2.24) is 25.5 Å². The van der Waals surface area contributed by atoms with Crippen LogP contribution in [0.3, 0.4) is 0 Å². The van der Waals surface area contributed by atoms with E-state index in [1.165, 1.54) is 0 Å². The molecule has 0 unspecified atom stereocenters. The Morgan fingerprint density at radius 1 is 1.03 bits per heavy atom. The minimum atomic E-state index is -2.88. The van der Waals surface area contributed by atoms with E-state index in [0.29, 0.717) is 40.2 Å². The van der Waals surface area contributed by atoms with Gasteiger partial charge in [-0.2, -0.15) is 10.6 Å². The summed E-state index contributed by atoms with van der Waals surface area (Å²) >= 11 is 0. The molecule has 186 valence electrons. The van der Waals surface area contributed by atoms with Gasteiger partial charge in [-0.15, -0.1) is 10.2 Å². The molecule has 2 aromatic heterocycles. The Bertz CT molecular complexity index is 1330. The van der Waals surface area contributed by atoms with Crippen LogP contribution >= 0.6 is 10.6 Å². The molecule has 0 saturated carbocycles. The highest BCUT2D eigenvalue weighted by Gasteiger charge is 2.24. The molecule has 0 saturated heterocycles. The van der Waals surface area contributed by atoms with Crippen molar-refractivity contribution in [1.29, 1.82) is 0 Å². The first-order chi connectivity index (χ1) is 16.7. The molecule has 2 aromatic carbocycles. The fourth-order valence-corrected chi connectivity index (χ4v) is 5.12. The minimum Gasteiger partial charge on any atom is -0.415 e. The van der Waals surface area contributed by atoms with E-state index in [2.05, 4.69) is 20.5 Å². The Hall–Kier alpha value is -3.11. The van der Waals surface area contributed by atoms with Gasteiger partial charge in [0.25, 0.3) is 5.89 Å². The van der Waals surface area contributed by atoms with Gasteiger partial charge in [-0.3, -0.25) is 14.1 Å². The van der Waals surface area contributed by atoms with Gasteiger partial charge >= 0.3 is 0 Å². The van der Waals surface area contributed by atoms with Gasteiger partial charge in [0.05, 0.1) is 22.5 Å². The normalized spacial score (nSPS) is 12.3. The van der Waals surface area contributed by atoms with Crippen LogP contribution in [-0.4, -0.2) is 41.6 Å². The number of hydrogen-bond donors (Lipinski definition) is 3. The van der Waals surface area contributed by atoms with Crippen molar-refractivity contribution in [3.8, 4) is 34.3 Å². The van der Waals surface area contributed by atoms with E-state index in [0.717, 1.165) is 28.8 Å². The number of aromatic nitrogens is 4. The molecule has 35 heavy (non-hydrogen) atoms. The Morgan fingerprint density at radius 2 is 1.71 bits per heavy atom. The van der Waals surface area contributed by atoms with Crippen LogP contribution in [0.25, 0.3) is 34.3 Å². The molecule has 4 aromatic rings. The topological polar surface area (TPSA) is 117 Å². The summed E-state index contributed by atoms with van der Waals surface area (Å²) in [6.45, 7) is 8.26. The quantitative estimate of drug-likeness (QED) is 0.264. The number of nitrogens with zero attached hydrogens (tertiary/aromatic N) is 4. The SMILES string of the molecule is CCc1cc(-c2cnc(C)c(-c3nnc(-c4ccc(CNC)cc4)o3)n2)ccc1S(O)(O)C(C)C.[HH]. The molecule has 8 nitrogen and oxygen atoms in total. The molecule has 0 aliphatic rings. The fraction of sp³-hybridized carbons (Fsp3) is 0.308. The van der Waals surface area contributed by atoms with Gasteiger partial charge in [0.2, 0.25) is 5.89 Å². The largest absolute Gasteiger partial charge is 0.415 e. The Balaban J connectivity index is 0.00000361. The van der Waals surface area contributed by atoms with Crippen molar-refractivity contribution in [2.45, 2.75) is 50.8 Å². The summed E-state index contributed by atoms with van der Waals surface area (Å²) in [6, 6.07) is 13.5. The minimum absolute atomic E-state index is 0. The summed E-state index contributed by atoms with van der Waals surface area (Å²) in [6.07, 6.45) is 2.36. The lowest BCUT2D eigenvalue weighted by molar-refractivity contribution is 0.475. The Kier molecular flexibility index (Phi) is 7.32. The van der Waals surface area contributed by atoms with Gasteiger partial charge in [0.15, 0.2) is 0 Å². The predicted molar refractivity (Wildman–Crippen MR) is 141 cm³/mol. The van der Waals surface area contributed by atoms with Crippen LogP contribution in [0.2, 0.25) is 0 Å². The summed E-state index contributed by atoms with van der Waals surface area (Å²) in [5.74, 6) is 0.714. The second kappa shape index (κ2) is 10.2. The predicted octanol–water partition coefficient (Wildman–Crippen LogP) is 6.21. The molecule has 0 radical (unpaired) electrons. The Labute approximate surface area is 208 Å². The zero-order valence-electron chi connectivity index (χ0n) is 20.6. The molecule has 9 heteroatoms. The lowest BCUT2D eigenvalue weighted by Gasteiger charge is -2.38. The van der Waals surface area contributed by atoms with Crippen LogP contribution in [0.15, 0.2) is 58.0 Å². The van der Waals surface area contributed by atoms with E-state index in [4.69, 9.17) is 9.40 Å². The van der Waals surface area contributed by atoms with E-state index in [9.17, 15) is 9.11 Å². The van der Waals surface area contributed by atoms with Crippen LogP contribution in [0.1, 0.15) is 39.0 Å². The first kappa shape index (κ1) is 25.0. The third kappa shape index (κ3) is 5.13. The standard InChI is InChI=1S/C26H31N5O3S.H2/c1-6-19-13-21(11-12-23(19)35(32,33)16(2)3)22-15-28-17(4)24(29-22)26-31-30-25(34-26)20-9-7-18(8-10-20)14-27-5;/h7-13,15-16,27,32-33H,6,14H2,1-5H3;1H. The van der Waals surface area contributed by atoms with Gasteiger partial charge in [-0.05, 0) is 69.6 Å². The third-order valence-corrected chi connectivity index (χ3v) is 8.24. The zero-order chi connectivity index (χ0) is 25.2. The van der Waals surface area contributed by atoms with Gasteiger partial charge in [-0.25, -0.2) is 4.98 Å². The van der Waals surface area contributed by atoms with Crippen molar-refractivity contribution < 1.29 is 14.9 Å². The molecule has 0 bridgehead atoms. The summed E-state index contributed by atoms with van der Waals surface area (Å²) in [5, 5.41) is 11.3. The summed E-state index contributed by atoms with van der Waals surface area (Å²) in [4.78, 5) is 9.87. The highest BCUT2D eigenvalue weighted by molar-refractivity contribution is 8.24. The van der Waals surface area contributed by atoms with Crippen LogP contribution in [0, 0.1) is 6.92 Å². The summed E-state index contributed by atoms with van der Waals surface area (Å²) in [5.41, 5.74) is 5.54. The molecular formula is C26H33N5O3S. The van der Waals surface area contributed by atoms with E-state index in [1.807, 2.05) is 71.1 Å². The van der Waals surface area contributed by atoms with E-state index < -0.39 is 10.6 Å². The fourth-order valence-electron chi connectivity index (χ4n) is 3.76. The van der Waals surface area contributed by atoms with E-state index in [-0.39, 0.29) is 6.68 Å². The van der Waals surface area contributed by atoms with Gasteiger partial charge in [-0.1, -0.05) is 25.1 Å². The van der Waals surface area contributed by atoms with Crippen LogP contribution < -0.4 is 5.32 Å². The maximum atomic E-state index is 10.7. The number of nitrogens with one attached hydrogen (secondary N) is 1. The maximum absolute atomic E-state index is 10.7. The van der Waals surface area contributed by atoms with Gasteiger partial charge < -0.3 is 9.73 Å². The molecule has 2 heterocycles. The van der Waals surface area contributed by atoms with Crippen LogP contribution in [-0.2, 0) is 13.0 Å². The van der Waals surface area contributed by atoms with E-state index >= 15 is 0 Å². The van der Waals surface area contributed by atoms with Crippen molar-refractivity contribution in [2.24, 2.45) is 0 Å². The highest BCUT2D eigenvalue weighted by atomic mass is 32.3. The number of benzene rings is 2. The monoisotopic (exact) mass is 495 g/mol. The average Bonchev–Trinajstić information content (AvgIpc) is 3.34. The maximum Gasteiger partial charge on any atom is 0.268 e. The Morgan fingerprint density at radius 3 is 2.37 bits per heavy atom. The van der Waals surface area contributed by atoms with Crippen LogP contribution in [0.4, 0.5) is 0 Å². The van der Waals surface area contributed by atoms with Crippen molar-refractivity contribution in [3.05, 3.63) is 65.5 Å². The van der Waals surface area contributed by atoms with Crippen molar-refractivity contribution in [3.63, 3.8) is 0 Å². The second-order valence-electron chi connectivity index (χ2n) is 8.65. The van der Waals surface area contributed by atoms with Crippen LogP contribution in [0.5, 0.6) is 0 Å². The molecule has 0 amide bonds. The smallest absolute Gasteiger partial charge is 0.268 e. The molecule has 0 atom stereocenters. The zero-order valence-corrected chi connectivity index (χ0v) is 21.4. The lowest BCUT2D eigenvalue weighted by atomic mass is 10.1. The molecular weight excluding hydrogens is 462 g/mol. The summed E-state index contributed by atoms with van der Waals surface area (Å²) in [7, 11) is -0.970.